The number of hydrogen-bond acceptors (Lipinski definition) is 3. The normalized spacial score (nSPS) is 23.2. The Kier molecular flexibility index (Phi) is 3.13. The number of aliphatic hydroxyl groups is 1. The highest BCUT2D eigenvalue weighted by atomic mass is 35.5. The maximum atomic E-state index is 10.9. The number of carboxylic acid groups (broad SMARTS) is 1. The van der Waals surface area contributed by atoms with Gasteiger partial charge in [-0.3, -0.25) is 4.98 Å². The Bertz CT molecular complexity index is 561. The number of carbonyl (C=O) groups is 1. The summed E-state index contributed by atoms with van der Waals surface area (Å²) in [7, 11) is 0. The van der Waals surface area contributed by atoms with Crippen molar-refractivity contribution in [2.75, 3.05) is 0 Å². The van der Waals surface area contributed by atoms with E-state index < -0.39 is 10.8 Å². The molecule has 1 aromatic rings. The standard InChI is InChI=1S/C13H12ClNO3/c1-13(14)3-2-11(16)10(5-13)8-4-9(12(17)18)7-15-6-8/h2,4-7,16H,3H2,1H3,(H,17,18). The smallest absolute Gasteiger partial charge is 0.337 e. The van der Waals surface area contributed by atoms with Crippen molar-refractivity contribution in [3.8, 4) is 0 Å². The summed E-state index contributed by atoms with van der Waals surface area (Å²) < 4.78 is 0. The van der Waals surface area contributed by atoms with Gasteiger partial charge in [0, 0.05) is 23.5 Å². The van der Waals surface area contributed by atoms with E-state index in [1.807, 2.05) is 6.92 Å². The van der Waals surface area contributed by atoms with Crippen LogP contribution in [-0.2, 0) is 0 Å². The highest BCUT2D eigenvalue weighted by Gasteiger charge is 2.24. The maximum Gasteiger partial charge on any atom is 0.337 e. The molecule has 0 fully saturated rings. The number of rotatable bonds is 2. The van der Waals surface area contributed by atoms with E-state index >= 15 is 0 Å². The first-order chi connectivity index (χ1) is 8.39. The monoisotopic (exact) mass is 265 g/mol. The van der Waals surface area contributed by atoms with Gasteiger partial charge in [-0.2, -0.15) is 0 Å². The summed E-state index contributed by atoms with van der Waals surface area (Å²) in [5.41, 5.74) is 1.12. The van der Waals surface area contributed by atoms with E-state index in [4.69, 9.17) is 16.7 Å². The van der Waals surface area contributed by atoms with Gasteiger partial charge < -0.3 is 10.2 Å². The lowest BCUT2D eigenvalue weighted by Crippen LogP contribution is -2.16. The number of carboxylic acids is 1. The van der Waals surface area contributed by atoms with Crippen molar-refractivity contribution in [2.24, 2.45) is 0 Å². The Morgan fingerprint density at radius 2 is 2.22 bits per heavy atom. The molecule has 0 spiro atoms. The molecule has 1 aliphatic carbocycles. The van der Waals surface area contributed by atoms with E-state index in [1.165, 1.54) is 18.5 Å². The number of allylic oxidation sites excluding steroid dienone is 3. The van der Waals surface area contributed by atoms with Crippen LogP contribution in [0.2, 0.25) is 0 Å². The fourth-order valence-electron chi connectivity index (χ4n) is 1.78. The Morgan fingerprint density at radius 3 is 2.89 bits per heavy atom. The van der Waals surface area contributed by atoms with Crippen molar-refractivity contribution in [2.45, 2.75) is 18.2 Å². The molecule has 5 heteroatoms. The van der Waals surface area contributed by atoms with Crippen LogP contribution in [0.4, 0.5) is 0 Å². The van der Waals surface area contributed by atoms with Gasteiger partial charge >= 0.3 is 5.97 Å². The Morgan fingerprint density at radius 1 is 1.50 bits per heavy atom. The lowest BCUT2D eigenvalue weighted by molar-refractivity contribution is 0.0696. The minimum Gasteiger partial charge on any atom is -0.508 e. The zero-order valence-electron chi connectivity index (χ0n) is 9.72. The number of aromatic carboxylic acids is 1. The molecule has 0 amide bonds. The highest BCUT2D eigenvalue weighted by Crippen LogP contribution is 2.35. The van der Waals surface area contributed by atoms with Crippen molar-refractivity contribution >= 4 is 23.1 Å². The largest absolute Gasteiger partial charge is 0.508 e. The van der Waals surface area contributed by atoms with Gasteiger partial charge in [0.2, 0.25) is 0 Å². The average molecular weight is 266 g/mol. The van der Waals surface area contributed by atoms with E-state index in [-0.39, 0.29) is 11.3 Å². The third-order valence-electron chi connectivity index (χ3n) is 2.71. The Hall–Kier alpha value is -1.81. The van der Waals surface area contributed by atoms with Gasteiger partial charge in [-0.05, 0) is 25.5 Å². The Balaban J connectivity index is 2.48. The summed E-state index contributed by atoms with van der Waals surface area (Å²) >= 11 is 6.22. The van der Waals surface area contributed by atoms with Crippen LogP contribution in [0.25, 0.3) is 5.57 Å². The predicted molar refractivity (Wildman–Crippen MR) is 68.8 cm³/mol. The number of aromatic nitrogens is 1. The van der Waals surface area contributed by atoms with Gasteiger partial charge in [-0.15, -0.1) is 11.6 Å². The van der Waals surface area contributed by atoms with Crippen LogP contribution >= 0.6 is 11.6 Å². The first-order valence-electron chi connectivity index (χ1n) is 5.39. The molecule has 1 heterocycles. The molecule has 0 aliphatic heterocycles. The molecule has 1 aromatic heterocycles. The van der Waals surface area contributed by atoms with E-state index in [0.29, 0.717) is 17.6 Å². The summed E-state index contributed by atoms with van der Waals surface area (Å²) in [6, 6.07) is 1.46. The second-order valence-corrected chi connectivity index (χ2v) is 5.26. The molecule has 0 radical (unpaired) electrons. The number of aliphatic hydroxyl groups excluding tert-OH is 1. The first kappa shape index (κ1) is 12.6. The Labute approximate surface area is 109 Å². The molecule has 2 N–H and O–H groups in total. The zero-order valence-corrected chi connectivity index (χ0v) is 10.5. The molecule has 0 saturated heterocycles. The molecular weight excluding hydrogens is 254 g/mol. The number of pyridine rings is 1. The minimum absolute atomic E-state index is 0.0723. The van der Waals surface area contributed by atoms with Crippen LogP contribution in [0.3, 0.4) is 0 Å². The zero-order chi connectivity index (χ0) is 13.3. The molecule has 1 atom stereocenters. The lowest BCUT2D eigenvalue weighted by Gasteiger charge is -2.23. The number of alkyl halides is 1. The molecule has 2 rings (SSSR count). The van der Waals surface area contributed by atoms with Gasteiger partial charge in [0.05, 0.1) is 10.4 Å². The second kappa shape index (κ2) is 4.46. The summed E-state index contributed by atoms with van der Waals surface area (Å²) in [6.07, 6.45) is 6.62. The van der Waals surface area contributed by atoms with Crippen molar-refractivity contribution in [3.05, 3.63) is 47.5 Å². The molecule has 18 heavy (non-hydrogen) atoms. The molecule has 1 unspecified atom stereocenters. The fraction of sp³-hybridized carbons (Fsp3) is 0.231. The number of nitrogens with zero attached hydrogens (tertiary/aromatic N) is 1. The molecule has 0 aromatic carbocycles. The van der Waals surface area contributed by atoms with Crippen LogP contribution in [0.5, 0.6) is 0 Å². The molecule has 4 nitrogen and oxygen atoms in total. The van der Waals surface area contributed by atoms with Gasteiger partial charge in [0.1, 0.15) is 5.76 Å². The molecule has 0 saturated carbocycles. The van der Waals surface area contributed by atoms with E-state index in [2.05, 4.69) is 4.98 Å². The maximum absolute atomic E-state index is 10.9. The average Bonchev–Trinajstić information content (AvgIpc) is 2.32. The van der Waals surface area contributed by atoms with Crippen molar-refractivity contribution in [3.63, 3.8) is 0 Å². The second-order valence-electron chi connectivity index (χ2n) is 4.40. The van der Waals surface area contributed by atoms with Crippen LogP contribution in [0.15, 0.2) is 36.4 Å². The molecular formula is C13H12ClNO3. The lowest BCUT2D eigenvalue weighted by atomic mass is 9.92. The van der Waals surface area contributed by atoms with Crippen LogP contribution < -0.4 is 0 Å². The first-order valence-corrected chi connectivity index (χ1v) is 5.77. The highest BCUT2D eigenvalue weighted by molar-refractivity contribution is 6.26. The van der Waals surface area contributed by atoms with Gasteiger partial charge in [-0.1, -0.05) is 6.08 Å². The van der Waals surface area contributed by atoms with Gasteiger partial charge in [0.25, 0.3) is 0 Å². The van der Waals surface area contributed by atoms with Crippen molar-refractivity contribution in [1.29, 1.82) is 0 Å². The molecule has 1 aliphatic rings. The van der Waals surface area contributed by atoms with Crippen molar-refractivity contribution < 1.29 is 15.0 Å². The van der Waals surface area contributed by atoms with Crippen LogP contribution in [-0.4, -0.2) is 26.0 Å². The third-order valence-corrected chi connectivity index (χ3v) is 2.98. The predicted octanol–water partition coefficient (Wildman–Crippen LogP) is 3.01. The summed E-state index contributed by atoms with van der Waals surface area (Å²) in [5, 5.41) is 18.8. The van der Waals surface area contributed by atoms with Crippen LogP contribution in [0.1, 0.15) is 29.3 Å². The summed E-state index contributed by atoms with van der Waals surface area (Å²) in [6.45, 7) is 1.83. The number of halogens is 1. The SMILES string of the molecule is CC1(Cl)C=C(c2cncc(C(=O)O)c2)C(O)=CC1. The minimum atomic E-state index is -1.06. The molecule has 0 bridgehead atoms. The third kappa shape index (κ3) is 2.54. The topological polar surface area (TPSA) is 70.4 Å². The van der Waals surface area contributed by atoms with Crippen molar-refractivity contribution in [1.82, 2.24) is 4.98 Å². The van der Waals surface area contributed by atoms with E-state index in [0.717, 1.165) is 0 Å². The molecule has 94 valence electrons. The number of hydrogen-bond donors (Lipinski definition) is 2. The fourth-order valence-corrected chi connectivity index (χ4v) is 1.96. The van der Waals surface area contributed by atoms with E-state index in [1.54, 1.807) is 12.2 Å². The summed E-state index contributed by atoms with van der Waals surface area (Å²) in [5.74, 6) is -0.963. The van der Waals surface area contributed by atoms with Gasteiger partial charge in [0.15, 0.2) is 0 Å². The quantitative estimate of drug-likeness (QED) is 0.807. The van der Waals surface area contributed by atoms with Crippen LogP contribution in [0, 0.1) is 0 Å². The van der Waals surface area contributed by atoms with E-state index in [9.17, 15) is 9.90 Å². The summed E-state index contributed by atoms with van der Waals surface area (Å²) in [4.78, 5) is 14.2. The van der Waals surface area contributed by atoms with Gasteiger partial charge in [-0.25, -0.2) is 4.79 Å².